The van der Waals surface area contributed by atoms with Gasteiger partial charge in [0.15, 0.2) is 0 Å². The smallest absolute Gasteiger partial charge is 0.309 e. The van der Waals surface area contributed by atoms with Gasteiger partial charge in [-0.3, -0.25) is 9.59 Å². The first-order chi connectivity index (χ1) is 14.8. The molecule has 8 heteroatoms. The summed E-state index contributed by atoms with van der Waals surface area (Å²) >= 11 is 0. The second-order valence-electron chi connectivity index (χ2n) is 9.36. The molecular weight excluding hydrogens is 448 g/mol. The zero-order chi connectivity index (χ0) is 24.1. The van der Waals surface area contributed by atoms with E-state index in [1.165, 1.54) is 0 Å². The molecule has 2 heterocycles. The van der Waals surface area contributed by atoms with Crippen LogP contribution in [0.2, 0.25) is 0 Å². The molecule has 2 aliphatic heterocycles. The van der Waals surface area contributed by atoms with Crippen molar-refractivity contribution < 1.29 is 28.2 Å². The monoisotopic (exact) mass is 480 g/mol. The number of carboxylic acid groups (broad SMARTS) is 2. The highest BCUT2D eigenvalue weighted by molar-refractivity contribution is 7.93. The molecule has 2 atom stereocenters. The van der Waals surface area contributed by atoms with Crippen molar-refractivity contribution in [2.45, 2.75) is 66.2 Å². The van der Waals surface area contributed by atoms with E-state index in [0.717, 1.165) is 9.81 Å². The lowest BCUT2D eigenvalue weighted by atomic mass is 9.87. The van der Waals surface area contributed by atoms with Gasteiger partial charge in [-0.05, 0) is 103 Å². The molecule has 176 valence electrons. The fourth-order valence-corrected chi connectivity index (χ4v) is 5.69. The van der Waals surface area contributed by atoms with Gasteiger partial charge in [0.05, 0.1) is 32.4 Å². The first-order valence-corrected chi connectivity index (χ1v) is 13.0. The molecule has 0 saturated carbocycles. The Labute approximate surface area is 194 Å². The molecule has 0 aromatic carbocycles. The Balaban J connectivity index is 1.81. The SMILES string of the molecule is CC(C)(CCCC1=CC=C(C=CC2=CC=C(CCCC(C)(C)C(=O)O)S2=O)S1=O)C(=O)O. The quantitative estimate of drug-likeness (QED) is 0.399. The van der Waals surface area contributed by atoms with Crippen LogP contribution in [0.15, 0.2) is 56.1 Å². The molecule has 0 fully saturated rings. The van der Waals surface area contributed by atoms with Crippen LogP contribution in [0.1, 0.15) is 66.2 Å². The van der Waals surface area contributed by atoms with Gasteiger partial charge in [-0.2, -0.15) is 0 Å². The van der Waals surface area contributed by atoms with Crippen LogP contribution in [-0.4, -0.2) is 30.6 Å². The molecule has 0 spiro atoms. The molecule has 0 aliphatic carbocycles. The summed E-state index contributed by atoms with van der Waals surface area (Å²) in [4.78, 5) is 25.2. The summed E-state index contributed by atoms with van der Waals surface area (Å²) in [6, 6.07) is 0. The lowest BCUT2D eigenvalue weighted by molar-refractivity contribution is -0.148. The minimum Gasteiger partial charge on any atom is -0.481 e. The summed E-state index contributed by atoms with van der Waals surface area (Å²) in [6.45, 7) is 6.75. The number of aliphatic carboxylic acids is 2. The van der Waals surface area contributed by atoms with E-state index in [4.69, 9.17) is 0 Å². The van der Waals surface area contributed by atoms with Crippen molar-refractivity contribution in [2.75, 3.05) is 0 Å². The Morgan fingerprint density at radius 3 is 1.41 bits per heavy atom. The Morgan fingerprint density at radius 1 is 0.750 bits per heavy atom. The highest BCUT2D eigenvalue weighted by Gasteiger charge is 2.28. The summed E-state index contributed by atoms with van der Waals surface area (Å²) in [5, 5.41) is 18.4. The number of hydrogen-bond acceptors (Lipinski definition) is 4. The third kappa shape index (κ3) is 6.72. The van der Waals surface area contributed by atoms with E-state index in [0.29, 0.717) is 48.3 Å². The minimum absolute atomic E-state index is 0.506. The van der Waals surface area contributed by atoms with Crippen molar-refractivity contribution in [3.05, 3.63) is 56.1 Å². The van der Waals surface area contributed by atoms with Crippen molar-refractivity contribution in [3.8, 4) is 0 Å². The molecule has 0 aromatic heterocycles. The van der Waals surface area contributed by atoms with Crippen molar-refractivity contribution in [2.24, 2.45) is 10.8 Å². The maximum Gasteiger partial charge on any atom is 0.309 e. The highest BCUT2D eigenvalue weighted by Crippen LogP contribution is 2.32. The third-order valence-electron chi connectivity index (χ3n) is 5.79. The number of allylic oxidation sites excluding steroid dienone is 8. The Morgan fingerprint density at radius 2 is 1.09 bits per heavy atom. The predicted octanol–water partition coefficient (Wildman–Crippen LogP) is 5.17. The van der Waals surface area contributed by atoms with Crippen LogP contribution in [0.4, 0.5) is 0 Å². The van der Waals surface area contributed by atoms with Crippen LogP contribution in [0, 0.1) is 10.8 Å². The van der Waals surface area contributed by atoms with Gasteiger partial charge in [0.2, 0.25) is 0 Å². The van der Waals surface area contributed by atoms with E-state index in [2.05, 4.69) is 0 Å². The lowest BCUT2D eigenvalue weighted by Gasteiger charge is -2.18. The van der Waals surface area contributed by atoms with E-state index in [9.17, 15) is 28.2 Å². The van der Waals surface area contributed by atoms with Crippen molar-refractivity contribution in [1.29, 1.82) is 0 Å². The molecule has 0 saturated heterocycles. The molecule has 32 heavy (non-hydrogen) atoms. The number of carbonyl (C=O) groups is 2. The van der Waals surface area contributed by atoms with E-state index >= 15 is 0 Å². The van der Waals surface area contributed by atoms with Crippen LogP contribution >= 0.6 is 0 Å². The van der Waals surface area contributed by atoms with E-state index in [-0.39, 0.29) is 0 Å². The zero-order valence-electron chi connectivity index (χ0n) is 19.1. The third-order valence-corrected chi connectivity index (χ3v) is 8.82. The van der Waals surface area contributed by atoms with Gasteiger partial charge >= 0.3 is 11.9 Å². The van der Waals surface area contributed by atoms with Gasteiger partial charge < -0.3 is 10.2 Å². The van der Waals surface area contributed by atoms with Crippen molar-refractivity contribution in [1.82, 2.24) is 0 Å². The van der Waals surface area contributed by atoms with Crippen molar-refractivity contribution in [3.63, 3.8) is 0 Å². The highest BCUT2D eigenvalue weighted by atomic mass is 32.2. The van der Waals surface area contributed by atoms with Gasteiger partial charge in [-0.1, -0.05) is 0 Å². The standard InChI is InChI=1S/C24H32O6S2/c1-23(2,21(25)26)15-5-7-17-9-11-19(31(17)29)13-14-20-12-10-18(32(20)30)8-6-16-24(3,4)22(27)28/h9-14H,5-8,15-16H2,1-4H3,(H,25,26)(H,27,28). The summed E-state index contributed by atoms with van der Waals surface area (Å²) < 4.78 is 25.4. The molecule has 6 nitrogen and oxygen atoms in total. The molecule has 2 unspecified atom stereocenters. The molecule has 2 rings (SSSR count). The number of hydrogen-bond donors (Lipinski definition) is 2. The van der Waals surface area contributed by atoms with Gasteiger partial charge in [0.25, 0.3) is 0 Å². The van der Waals surface area contributed by atoms with Crippen LogP contribution in [0.25, 0.3) is 0 Å². The van der Waals surface area contributed by atoms with E-state index in [1.807, 2.05) is 12.2 Å². The van der Waals surface area contributed by atoms with Crippen molar-refractivity contribution >= 4 is 33.5 Å². The van der Waals surface area contributed by atoms with Crippen LogP contribution < -0.4 is 0 Å². The zero-order valence-corrected chi connectivity index (χ0v) is 20.7. The van der Waals surface area contributed by atoms with Gasteiger partial charge in [-0.15, -0.1) is 0 Å². The summed E-state index contributed by atoms with van der Waals surface area (Å²) in [5.74, 6) is -1.67. The summed E-state index contributed by atoms with van der Waals surface area (Å²) in [5.41, 5.74) is -1.60. The van der Waals surface area contributed by atoms with Crippen LogP contribution in [0.3, 0.4) is 0 Å². The molecule has 0 amide bonds. The maximum absolute atomic E-state index is 12.7. The Kier molecular flexibility index (Phi) is 8.76. The molecule has 2 aliphatic rings. The molecule has 0 aromatic rings. The molecular formula is C24H32O6S2. The average molecular weight is 481 g/mol. The molecule has 0 radical (unpaired) electrons. The number of rotatable bonds is 12. The van der Waals surface area contributed by atoms with Crippen LogP contribution in [0.5, 0.6) is 0 Å². The summed E-state index contributed by atoms with van der Waals surface area (Å²) in [7, 11) is -2.58. The molecule has 2 N–H and O–H groups in total. The normalized spacial score (nSPS) is 21.4. The summed E-state index contributed by atoms with van der Waals surface area (Å²) in [6.07, 6.45) is 14.1. The second kappa shape index (κ2) is 10.7. The average Bonchev–Trinajstić information content (AvgIpc) is 3.22. The van der Waals surface area contributed by atoms with Gasteiger partial charge in [0.1, 0.15) is 0 Å². The van der Waals surface area contributed by atoms with E-state index in [1.54, 1.807) is 52.0 Å². The fourth-order valence-electron chi connectivity index (χ4n) is 3.27. The predicted molar refractivity (Wildman–Crippen MR) is 128 cm³/mol. The lowest BCUT2D eigenvalue weighted by Crippen LogP contribution is -2.23. The van der Waals surface area contributed by atoms with Crippen LogP contribution in [-0.2, 0) is 31.2 Å². The Bertz CT molecular complexity index is 898. The second-order valence-corrected chi connectivity index (χ2v) is 12.4. The largest absolute Gasteiger partial charge is 0.481 e. The minimum atomic E-state index is -1.29. The fraction of sp³-hybridized carbons (Fsp3) is 0.500. The van der Waals surface area contributed by atoms with E-state index < -0.39 is 44.4 Å². The maximum atomic E-state index is 12.7. The first-order valence-electron chi connectivity index (χ1n) is 10.7. The topological polar surface area (TPSA) is 109 Å². The Hall–Kier alpha value is -2.06. The molecule has 0 bridgehead atoms. The number of carboxylic acids is 2. The first kappa shape index (κ1) is 26.2. The van der Waals surface area contributed by atoms with Gasteiger partial charge in [-0.25, -0.2) is 8.42 Å². The van der Waals surface area contributed by atoms with Gasteiger partial charge in [0, 0.05) is 19.6 Å².